The van der Waals surface area contributed by atoms with E-state index in [1.54, 1.807) is 0 Å². The lowest BCUT2D eigenvalue weighted by atomic mass is 9.87. The first-order chi connectivity index (χ1) is 16.0. The fraction of sp³-hybridized carbons (Fsp3) is 0.259. The van der Waals surface area contributed by atoms with Crippen molar-refractivity contribution in [2.24, 2.45) is 5.92 Å². The lowest BCUT2D eigenvalue weighted by Gasteiger charge is -2.38. The van der Waals surface area contributed by atoms with Crippen LogP contribution in [0.25, 0.3) is 0 Å². The van der Waals surface area contributed by atoms with Crippen LogP contribution in [0.1, 0.15) is 40.6 Å². The highest BCUT2D eigenvalue weighted by Crippen LogP contribution is 2.50. The summed E-state index contributed by atoms with van der Waals surface area (Å²) in [6.07, 6.45) is 1.50. The van der Waals surface area contributed by atoms with E-state index in [-0.39, 0.29) is 23.5 Å². The molecule has 0 spiro atoms. The molecule has 1 amide bonds. The Balaban J connectivity index is 1.52. The fourth-order valence-corrected chi connectivity index (χ4v) is 4.89. The van der Waals surface area contributed by atoms with Gasteiger partial charge in [-0.1, -0.05) is 54.6 Å². The van der Waals surface area contributed by atoms with Crippen LogP contribution in [0.2, 0.25) is 0 Å². The van der Waals surface area contributed by atoms with Gasteiger partial charge in [-0.25, -0.2) is 9.18 Å². The Hall–Kier alpha value is -3.67. The van der Waals surface area contributed by atoms with E-state index < -0.39 is 24.4 Å². The summed E-state index contributed by atoms with van der Waals surface area (Å²) in [4.78, 5) is 26.6. The Morgan fingerprint density at radius 1 is 1.00 bits per heavy atom. The third kappa shape index (κ3) is 4.21. The topological polar surface area (TPSA) is 66.8 Å². The number of rotatable bonds is 6. The smallest absolute Gasteiger partial charge is 0.341 e. The first kappa shape index (κ1) is 21.2. The minimum Gasteiger partial charge on any atom is -0.482 e. The molecule has 3 aromatic rings. The van der Waals surface area contributed by atoms with E-state index in [4.69, 9.17) is 9.84 Å². The molecular formula is C27H24FNO4. The summed E-state index contributed by atoms with van der Waals surface area (Å²) in [6, 6.07) is 21.3. The average molecular weight is 445 g/mol. The molecule has 0 aromatic heterocycles. The highest BCUT2D eigenvalue weighted by molar-refractivity contribution is 5.84. The van der Waals surface area contributed by atoms with E-state index in [0.717, 1.165) is 23.1 Å². The summed E-state index contributed by atoms with van der Waals surface area (Å²) in [7, 11) is 0. The number of carbonyl (C=O) groups excluding carboxylic acids is 1. The highest BCUT2D eigenvalue weighted by atomic mass is 19.1. The molecule has 0 saturated heterocycles. The number of hydrogen-bond acceptors (Lipinski definition) is 3. The Morgan fingerprint density at radius 3 is 2.55 bits per heavy atom. The summed E-state index contributed by atoms with van der Waals surface area (Å²) in [5.74, 6) is -1.20. The second-order valence-corrected chi connectivity index (χ2v) is 8.61. The predicted octanol–water partition coefficient (Wildman–Crippen LogP) is 4.57. The van der Waals surface area contributed by atoms with E-state index >= 15 is 0 Å². The first-order valence-corrected chi connectivity index (χ1v) is 11.1. The van der Waals surface area contributed by atoms with Gasteiger partial charge in [-0.2, -0.15) is 0 Å². The van der Waals surface area contributed by atoms with Crippen molar-refractivity contribution in [2.45, 2.75) is 24.8 Å². The van der Waals surface area contributed by atoms with Gasteiger partial charge in [0.25, 0.3) is 0 Å². The summed E-state index contributed by atoms with van der Waals surface area (Å²) >= 11 is 0. The van der Waals surface area contributed by atoms with E-state index in [1.165, 1.54) is 18.2 Å². The molecule has 3 aromatic carbocycles. The second kappa shape index (κ2) is 8.70. The lowest BCUT2D eigenvalue weighted by Crippen LogP contribution is -2.41. The number of halogens is 1. The molecule has 1 aliphatic heterocycles. The number of ether oxygens (including phenoxy) is 1. The number of aliphatic carboxylic acids is 1. The van der Waals surface area contributed by atoms with Gasteiger partial charge >= 0.3 is 5.97 Å². The quantitative estimate of drug-likeness (QED) is 0.604. The summed E-state index contributed by atoms with van der Waals surface area (Å²) in [6.45, 7) is -0.0347. The van der Waals surface area contributed by atoms with Crippen LogP contribution in [0.3, 0.4) is 0 Å². The van der Waals surface area contributed by atoms with Crippen molar-refractivity contribution in [1.82, 2.24) is 4.90 Å². The second-order valence-electron chi connectivity index (χ2n) is 8.61. The van der Waals surface area contributed by atoms with Gasteiger partial charge in [0.15, 0.2) is 6.61 Å². The molecule has 5 rings (SSSR count). The molecule has 168 valence electrons. The van der Waals surface area contributed by atoms with Crippen molar-refractivity contribution in [1.29, 1.82) is 0 Å². The molecule has 1 fully saturated rings. The van der Waals surface area contributed by atoms with E-state index in [1.807, 2.05) is 59.5 Å². The molecule has 5 nitrogen and oxygen atoms in total. The largest absolute Gasteiger partial charge is 0.482 e. The molecule has 0 bridgehead atoms. The monoisotopic (exact) mass is 445 g/mol. The van der Waals surface area contributed by atoms with Gasteiger partial charge < -0.3 is 14.7 Å². The Morgan fingerprint density at radius 2 is 1.76 bits per heavy atom. The number of amides is 1. The molecule has 6 heteroatoms. The molecule has 33 heavy (non-hydrogen) atoms. The number of carbonyl (C=O) groups is 2. The number of nitrogens with zero attached hydrogens (tertiary/aromatic N) is 1. The molecule has 1 N–H and O–H groups in total. The highest BCUT2D eigenvalue weighted by Gasteiger charge is 2.48. The van der Waals surface area contributed by atoms with Crippen molar-refractivity contribution in [3.05, 3.63) is 101 Å². The van der Waals surface area contributed by atoms with Crippen LogP contribution in [0.15, 0.2) is 72.8 Å². The van der Waals surface area contributed by atoms with E-state index in [9.17, 15) is 14.0 Å². The maximum Gasteiger partial charge on any atom is 0.341 e. The Labute approximate surface area is 191 Å². The third-order valence-corrected chi connectivity index (χ3v) is 6.52. The zero-order valence-electron chi connectivity index (χ0n) is 18.0. The minimum absolute atomic E-state index is 0.0387. The molecular weight excluding hydrogens is 421 g/mol. The van der Waals surface area contributed by atoms with Gasteiger partial charge in [0, 0.05) is 18.0 Å². The van der Waals surface area contributed by atoms with Gasteiger partial charge in [0.1, 0.15) is 11.6 Å². The summed E-state index contributed by atoms with van der Waals surface area (Å²) in [5, 5.41) is 9.08. The number of fused-ring (bicyclic) bond motifs is 1. The lowest BCUT2D eigenvalue weighted by molar-refractivity contribution is -0.139. The number of carboxylic acids is 1. The van der Waals surface area contributed by atoms with Crippen LogP contribution in [0.5, 0.6) is 5.75 Å². The van der Waals surface area contributed by atoms with E-state index in [0.29, 0.717) is 18.5 Å². The molecule has 3 unspecified atom stereocenters. The van der Waals surface area contributed by atoms with Crippen LogP contribution in [0, 0.1) is 11.7 Å². The summed E-state index contributed by atoms with van der Waals surface area (Å²) in [5.41, 5.74) is 3.63. The average Bonchev–Trinajstić information content (AvgIpc) is 3.63. The van der Waals surface area contributed by atoms with Crippen LogP contribution in [-0.2, 0) is 16.0 Å². The maximum atomic E-state index is 14.4. The van der Waals surface area contributed by atoms with Gasteiger partial charge in [-0.3, -0.25) is 4.79 Å². The van der Waals surface area contributed by atoms with Crippen molar-refractivity contribution >= 4 is 11.9 Å². The van der Waals surface area contributed by atoms with Crippen molar-refractivity contribution in [3.8, 4) is 5.75 Å². The van der Waals surface area contributed by atoms with E-state index in [2.05, 4.69) is 0 Å². The van der Waals surface area contributed by atoms with Crippen molar-refractivity contribution in [2.75, 3.05) is 13.2 Å². The number of hydrogen-bond donors (Lipinski definition) is 1. The Kier molecular flexibility index (Phi) is 5.58. The van der Waals surface area contributed by atoms with Gasteiger partial charge in [0.2, 0.25) is 5.91 Å². The third-order valence-electron chi connectivity index (χ3n) is 6.52. The molecule has 0 radical (unpaired) electrons. The van der Waals surface area contributed by atoms with Crippen molar-refractivity contribution in [3.63, 3.8) is 0 Å². The molecule has 1 saturated carbocycles. The van der Waals surface area contributed by atoms with Crippen LogP contribution in [0.4, 0.5) is 4.39 Å². The number of benzene rings is 3. The zero-order valence-corrected chi connectivity index (χ0v) is 18.0. The number of carboxylic acid groups (broad SMARTS) is 1. The Bertz CT molecular complexity index is 1200. The van der Waals surface area contributed by atoms with Crippen LogP contribution >= 0.6 is 0 Å². The fourth-order valence-electron chi connectivity index (χ4n) is 4.89. The minimum atomic E-state index is -1.12. The standard InChI is InChI=1S/C27H24FNO4/c28-19-10-11-24(33-16-25(30)31)23(14-19)26-20-9-5-4-8-18(20)12-13-29(26)27(32)22-15-21(22)17-6-2-1-3-7-17/h1-11,14,21-22,26H,12-13,15-16H2,(H,30,31). The van der Waals surface area contributed by atoms with Crippen molar-refractivity contribution < 1.29 is 23.8 Å². The first-order valence-electron chi connectivity index (χ1n) is 11.1. The SMILES string of the molecule is O=C(O)COc1ccc(F)cc1C1c2ccccc2CCN1C(=O)C1CC1c1ccccc1. The van der Waals surface area contributed by atoms with Crippen LogP contribution < -0.4 is 4.74 Å². The van der Waals surface area contributed by atoms with Gasteiger partial charge in [-0.05, 0) is 53.6 Å². The summed E-state index contributed by atoms with van der Waals surface area (Å²) < 4.78 is 19.9. The normalized spacial score (nSPS) is 21.2. The molecule has 1 aliphatic carbocycles. The van der Waals surface area contributed by atoms with Gasteiger partial charge in [0.05, 0.1) is 6.04 Å². The molecule has 3 atom stereocenters. The van der Waals surface area contributed by atoms with Crippen LogP contribution in [-0.4, -0.2) is 35.0 Å². The predicted molar refractivity (Wildman–Crippen MR) is 121 cm³/mol. The van der Waals surface area contributed by atoms with Gasteiger partial charge in [-0.15, -0.1) is 0 Å². The molecule has 1 heterocycles. The molecule has 2 aliphatic rings. The maximum absolute atomic E-state index is 14.4. The zero-order chi connectivity index (χ0) is 22.9.